The molecule has 2 unspecified atom stereocenters. The van der Waals surface area contributed by atoms with Gasteiger partial charge >= 0.3 is 0 Å². The lowest BCUT2D eigenvalue weighted by Gasteiger charge is -2.28. The third kappa shape index (κ3) is 3.97. The number of nitrogens with one attached hydrogen (secondary N) is 1. The fourth-order valence-corrected chi connectivity index (χ4v) is 1.82. The molecule has 0 bridgehead atoms. The first kappa shape index (κ1) is 16.5. The van der Waals surface area contributed by atoms with Crippen LogP contribution in [0.1, 0.15) is 27.7 Å². The first-order valence-electron chi connectivity index (χ1n) is 6.44. The average molecular weight is 339 g/mol. The van der Waals surface area contributed by atoms with Crippen LogP contribution < -0.4 is 10.1 Å². The number of amides is 1. The summed E-state index contributed by atoms with van der Waals surface area (Å²) in [4.78, 5) is 12.1. The second-order valence-electron chi connectivity index (χ2n) is 5.15. The molecule has 0 aromatic heterocycles. The van der Waals surface area contributed by atoms with E-state index in [0.29, 0.717) is 5.75 Å². The van der Waals surface area contributed by atoms with Crippen LogP contribution in [0, 0.1) is 17.2 Å². The number of para-hydroxylation sites is 1. The van der Waals surface area contributed by atoms with E-state index < -0.39 is 11.6 Å². The SMILES string of the molecule is CC(Oc1ccccc1Br)C(=O)NC(C)(C#N)C(C)C. The van der Waals surface area contributed by atoms with Gasteiger partial charge in [0.15, 0.2) is 6.10 Å². The summed E-state index contributed by atoms with van der Waals surface area (Å²) in [7, 11) is 0. The van der Waals surface area contributed by atoms with E-state index in [-0.39, 0.29) is 11.8 Å². The predicted octanol–water partition coefficient (Wildman–Crippen LogP) is 3.27. The van der Waals surface area contributed by atoms with Crippen LogP contribution in [0.5, 0.6) is 5.75 Å². The van der Waals surface area contributed by atoms with Gasteiger partial charge in [-0.05, 0) is 47.8 Å². The second kappa shape index (κ2) is 6.76. The van der Waals surface area contributed by atoms with E-state index in [2.05, 4.69) is 27.3 Å². The molecule has 1 aromatic carbocycles. The molecule has 0 spiro atoms. The largest absolute Gasteiger partial charge is 0.480 e. The van der Waals surface area contributed by atoms with Crippen molar-refractivity contribution < 1.29 is 9.53 Å². The van der Waals surface area contributed by atoms with Crippen LogP contribution in [-0.4, -0.2) is 17.6 Å². The van der Waals surface area contributed by atoms with Gasteiger partial charge in [-0.2, -0.15) is 5.26 Å². The molecule has 0 fully saturated rings. The van der Waals surface area contributed by atoms with Gasteiger partial charge in [0.2, 0.25) is 0 Å². The molecule has 4 nitrogen and oxygen atoms in total. The molecule has 0 aliphatic heterocycles. The number of halogens is 1. The first-order valence-corrected chi connectivity index (χ1v) is 7.24. The minimum atomic E-state index is -0.900. The fourth-order valence-electron chi connectivity index (χ4n) is 1.44. The van der Waals surface area contributed by atoms with Gasteiger partial charge in [-0.15, -0.1) is 0 Å². The Labute approximate surface area is 128 Å². The zero-order valence-electron chi connectivity index (χ0n) is 12.1. The first-order chi connectivity index (χ1) is 9.30. The minimum Gasteiger partial charge on any atom is -0.480 e. The van der Waals surface area contributed by atoms with Gasteiger partial charge in [-0.3, -0.25) is 4.79 Å². The van der Waals surface area contributed by atoms with Gasteiger partial charge in [0.1, 0.15) is 11.3 Å². The lowest BCUT2D eigenvalue weighted by atomic mass is 9.90. The number of nitrogens with zero attached hydrogens (tertiary/aromatic N) is 1. The third-order valence-electron chi connectivity index (χ3n) is 3.28. The molecule has 0 saturated heterocycles. The number of ether oxygens (including phenoxy) is 1. The maximum atomic E-state index is 12.1. The number of nitriles is 1. The molecule has 1 N–H and O–H groups in total. The van der Waals surface area contributed by atoms with E-state index in [9.17, 15) is 10.1 Å². The van der Waals surface area contributed by atoms with E-state index in [1.54, 1.807) is 19.9 Å². The minimum absolute atomic E-state index is 0.00658. The van der Waals surface area contributed by atoms with Crippen LogP contribution in [0.2, 0.25) is 0 Å². The smallest absolute Gasteiger partial charge is 0.262 e. The molecule has 0 aliphatic rings. The Bertz CT molecular complexity index is 525. The molecule has 1 rings (SSSR count). The van der Waals surface area contributed by atoms with Crippen molar-refractivity contribution >= 4 is 21.8 Å². The van der Waals surface area contributed by atoms with Gasteiger partial charge in [-0.1, -0.05) is 26.0 Å². The van der Waals surface area contributed by atoms with Crippen molar-refractivity contribution in [1.82, 2.24) is 5.32 Å². The normalized spacial score (nSPS) is 15.1. The molecule has 108 valence electrons. The highest BCUT2D eigenvalue weighted by Gasteiger charge is 2.32. The number of carbonyl (C=O) groups is 1. The topological polar surface area (TPSA) is 62.1 Å². The fraction of sp³-hybridized carbons (Fsp3) is 0.467. The molecule has 5 heteroatoms. The average Bonchev–Trinajstić information content (AvgIpc) is 2.40. The molecule has 1 amide bonds. The highest BCUT2D eigenvalue weighted by Crippen LogP contribution is 2.25. The van der Waals surface area contributed by atoms with Crippen molar-refractivity contribution in [1.29, 1.82) is 5.26 Å². The van der Waals surface area contributed by atoms with Crippen molar-refractivity contribution in [3.8, 4) is 11.8 Å². The van der Waals surface area contributed by atoms with Gasteiger partial charge in [0.25, 0.3) is 5.91 Å². The molecule has 0 radical (unpaired) electrons. The highest BCUT2D eigenvalue weighted by atomic mass is 79.9. The Morgan fingerprint density at radius 1 is 1.40 bits per heavy atom. The number of benzene rings is 1. The van der Waals surface area contributed by atoms with Crippen LogP contribution in [0.4, 0.5) is 0 Å². The van der Waals surface area contributed by atoms with E-state index in [1.165, 1.54) is 0 Å². The number of hydrogen-bond acceptors (Lipinski definition) is 3. The summed E-state index contributed by atoms with van der Waals surface area (Å²) in [6.07, 6.45) is -0.680. The van der Waals surface area contributed by atoms with Crippen molar-refractivity contribution in [2.45, 2.75) is 39.3 Å². The Morgan fingerprint density at radius 3 is 2.50 bits per heavy atom. The number of carbonyl (C=O) groups excluding carboxylic acids is 1. The van der Waals surface area contributed by atoms with E-state index in [1.807, 2.05) is 32.0 Å². The third-order valence-corrected chi connectivity index (χ3v) is 3.93. The Hall–Kier alpha value is -1.54. The molecule has 0 aliphatic carbocycles. The zero-order valence-corrected chi connectivity index (χ0v) is 13.7. The van der Waals surface area contributed by atoms with Crippen LogP contribution in [-0.2, 0) is 4.79 Å². The maximum absolute atomic E-state index is 12.1. The summed E-state index contributed by atoms with van der Waals surface area (Å²) in [5, 5.41) is 11.9. The van der Waals surface area contributed by atoms with Crippen molar-refractivity contribution in [3.63, 3.8) is 0 Å². The van der Waals surface area contributed by atoms with E-state index >= 15 is 0 Å². The molecular weight excluding hydrogens is 320 g/mol. The van der Waals surface area contributed by atoms with Gasteiger partial charge in [-0.25, -0.2) is 0 Å². The quantitative estimate of drug-likeness (QED) is 0.896. The Kier molecular flexibility index (Phi) is 5.58. The van der Waals surface area contributed by atoms with Gasteiger partial charge < -0.3 is 10.1 Å². The van der Waals surface area contributed by atoms with Gasteiger partial charge in [0, 0.05) is 0 Å². The monoisotopic (exact) mass is 338 g/mol. The van der Waals surface area contributed by atoms with Crippen LogP contribution in [0.3, 0.4) is 0 Å². The van der Waals surface area contributed by atoms with Crippen LogP contribution in [0.15, 0.2) is 28.7 Å². The number of hydrogen-bond donors (Lipinski definition) is 1. The maximum Gasteiger partial charge on any atom is 0.262 e. The summed E-state index contributed by atoms with van der Waals surface area (Å²) >= 11 is 3.36. The van der Waals surface area contributed by atoms with E-state index in [0.717, 1.165) is 4.47 Å². The van der Waals surface area contributed by atoms with E-state index in [4.69, 9.17) is 4.74 Å². The molecule has 0 saturated carbocycles. The summed E-state index contributed by atoms with van der Waals surface area (Å²) in [6, 6.07) is 9.46. The zero-order chi connectivity index (χ0) is 15.3. The Balaban J connectivity index is 2.74. The van der Waals surface area contributed by atoms with Crippen molar-refractivity contribution in [3.05, 3.63) is 28.7 Å². The number of rotatable bonds is 5. The second-order valence-corrected chi connectivity index (χ2v) is 6.00. The molecule has 0 heterocycles. The molecule has 20 heavy (non-hydrogen) atoms. The lowest BCUT2D eigenvalue weighted by molar-refractivity contribution is -0.129. The molecule has 2 atom stereocenters. The standard InChI is InChI=1S/C15H19BrN2O2/c1-10(2)15(4,9-17)18-14(19)11(3)20-13-8-6-5-7-12(13)16/h5-8,10-11H,1-4H3,(H,18,19). The van der Waals surface area contributed by atoms with Crippen LogP contribution >= 0.6 is 15.9 Å². The summed E-state index contributed by atoms with van der Waals surface area (Å²) in [6.45, 7) is 7.15. The molecular formula is C15H19BrN2O2. The molecule has 1 aromatic rings. The summed E-state index contributed by atoms with van der Waals surface area (Å²) in [5.74, 6) is 0.295. The summed E-state index contributed by atoms with van der Waals surface area (Å²) < 4.78 is 6.39. The summed E-state index contributed by atoms with van der Waals surface area (Å²) in [5.41, 5.74) is -0.900. The Morgan fingerprint density at radius 2 is 2.00 bits per heavy atom. The predicted molar refractivity (Wildman–Crippen MR) is 81.2 cm³/mol. The highest BCUT2D eigenvalue weighted by molar-refractivity contribution is 9.10. The van der Waals surface area contributed by atoms with Crippen molar-refractivity contribution in [2.75, 3.05) is 0 Å². The van der Waals surface area contributed by atoms with Crippen LogP contribution in [0.25, 0.3) is 0 Å². The van der Waals surface area contributed by atoms with Gasteiger partial charge in [0.05, 0.1) is 10.5 Å². The lowest BCUT2D eigenvalue weighted by Crippen LogP contribution is -2.52. The van der Waals surface area contributed by atoms with Crippen molar-refractivity contribution in [2.24, 2.45) is 5.92 Å².